The van der Waals surface area contributed by atoms with Crippen molar-refractivity contribution in [3.8, 4) is 0 Å². The Bertz CT molecular complexity index is 744. The molecular weight excluding hydrogens is 324 g/mol. The number of rotatable bonds is 6. The van der Waals surface area contributed by atoms with Gasteiger partial charge in [0.05, 0.1) is 12.6 Å². The SMILES string of the molecule is CN=C(NCc1nnc2n1CCC2)NC(C)c1ccc(CC(C)C)cc1. The predicted octanol–water partition coefficient (Wildman–Crippen LogP) is 2.85. The van der Waals surface area contributed by atoms with Gasteiger partial charge in [-0.2, -0.15) is 0 Å². The Hall–Kier alpha value is -2.37. The lowest BCUT2D eigenvalue weighted by Crippen LogP contribution is -2.38. The molecule has 26 heavy (non-hydrogen) atoms. The lowest BCUT2D eigenvalue weighted by atomic mass is 10.00. The molecule has 0 fully saturated rings. The second-order valence-electron chi connectivity index (χ2n) is 7.42. The number of hydrogen-bond donors (Lipinski definition) is 2. The van der Waals surface area contributed by atoms with Crippen molar-refractivity contribution < 1.29 is 0 Å². The fourth-order valence-electron chi connectivity index (χ4n) is 3.40. The van der Waals surface area contributed by atoms with Crippen LogP contribution in [0.4, 0.5) is 0 Å². The molecule has 140 valence electrons. The van der Waals surface area contributed by atoms with Crippen molar-refractivity contribution in [2.45, 2.75) is 59.2 Å². The number of guanidine groups is 1. The van der Waals surface area contributed by atoms with Gasteiger partial charge in [0.1, 0.15) is 5.82 Å². The van der Waals surface area contributed by atoms with Gasteiger partial charge < -0.3 is 15.2 Å². The number of benzene rings is 1. The summed E-state index contributed by atoms with van der Waals surface area (Å²) in [5.74, 6) is 3.53. The molecule has 0 saturated heterocycles. The summed E-state index contributed by atoms with van der Waals surface area (Å²) >= 11 is 0. The fraction of sp³-hybridized carbons (Fsp3) is 0.550. The van der Waals surface area contributed by atoms with Gasteiger partial charge in [0.2, 0.25) is 0 Å². The zero-order valence-electron chi connectivity index (χ0n) is 16.3. The average Bonchev–Trinajstić information content (AvgIpc) is 3.22. The molecule has 6 heteroatoms. The molecule has 1 aliphatic rings. The van der Waals surface area contributed by atoms with Crippen LogP contribution in [-0.4, -0.2) is 27.8 Å². The van der Waals surface area contributed by atoms with E-state index in [-0.39, 0.29) is 6.04 Å². The third-order valence-electron chi connectivity index (χ3n) is 4.80. The van der Waals surface area contributed by atoms with Gasteiger partial charge >= 0.3 is 0 Å². The normalized spacial score (nSPS) is 15.2. The van der Waals surface area contributed by atoms with Crippen molar-refractivity contribution >= 4 is 5.96 Å². The topological polar surface area (TPSA) is 67.1 Å². The lowest BCUT2D eigenvalue weighted by molar-refractivity contribution is 0.641. The predicted molar refractivity (Wildman–Crippen MR) is 105 cm³/mol. The van der Waals surface area contributed by atoms with Crippen LogP contribution in [0.15, 0.2) is 29.3 Å². The van der Waals surface area contributed by atoms with Gasteiger partial charge in [0.25, 0.3) is 0 Å². The maximum atomic E-state index is 4.34. The van der Waals surface area contributed by atoms with Crippen molar-refractivity contribution in [3.63, 3.8) is 0 Å². The zero-order chi connectivity index (χ0) is 18.5. The van der Waals surface area contributed by atoms with E-state index in [1.165, 1.54) is 11.1 Å². The van der Waals surface area contributed by atoms with Gasteiger partial charge in [-0.25, -0.2) is 0 Å². The van der Waals surface area contributed by atoms with E-state index in [2.05, 4.69) is 75.4 Å². The quantitative estimate of drug-likeness (QED) is 0.618. The summed E-state index contributed by atoms with van der Waals surface area (Å²) in [6, 6.07) is 9.03. The number of hydrogen-bond acceptors (Lipinski definition) is 3. The Balaban J connectivity index is 1.55. The van der Waals surface area contributed by atoms with Crippen LogP contribution in [0.5, 0.6) is 0 Å². The van der Waals surface area contributed by atoms with Crippen LogP contribution in [0.1, 0.15) is 56.0 Å². The Kier molecular flexibility index (Phi) is 5.91. The summed E-state index contributed by atoms with van der Waals surface area (Å²) in [6.45, 7) is 8.30. The molecular formula is C20H30N6. The molecule has 1 atom stereocenters. The third-order valence-corrected chi connectivity index (χ3v) is 4.80. The number of aliphatic imine (C=N–C) groups is 1. The Morgan fingerprint density at radius 3 is 2.65 bits per heavy atom. The summed E-state index contributed by atoms with van der Waals surface area (Å²) in [5, 5.41) is 15.3. The van der Waals surface area contributed by atoms with Crippen molar-refractivity contribution in [2.24, 2.45) is 10.9 Å². The first-order chi connectivity index (χ1) is 12.6. The molecule has 0 bridgehead atoms. The molecule has 3 rings (SSSR count). The molecule has 0 aliphatic carbocycles. The Morgan fingerprint density at radius 1 is 1.19 bits per heavy atom. The van der Waals surface area contributed by atoms with Crippen molar-refractivity contribution in [1.82, 2.24) is 25.4 Å². The summed E-state index contributed by atoms with van der Waals surface area (Å²) in [4.78, 5) is 4.34. The fourth-order valence-corrected chi connectivity index (χ4v) is 3.40. The molecule has 6 nitrogen and oxygen atoms in total. The first-order valence-electron chi connectivity index (χ1n) is 9.53. The molecule has 2 aromatic rings. The van der Waals surface area contributed by atoms with E-state index >= 15 is 0 Å². The van der Waals surface area contributed by atoms with Crippen LogP contribution in [0.3, 0.4) is 0 Å². The molecule has 0 radical (unpaired) electrons. The minimum absolute atomic E-state index is 0.179. The molecule has 0 amide bonds. The van der Waals surface area contributed by atoms with Crippen LogP contribution in [-0.2, 0) is 25.9 Å². The van der Waals surface area contributed by atoms with Gasteiger partial charge in [-0.15, -0.1) is 10.2 Å². The maximum Gasteiger partial charge on any atom is 0.191 e. The molecule has 1 aromatic heterocycles. The highest BCUT2D eigenvalue weighted by Crippen LogP contribution is 2.16. The first-order valence-corrected chi connectivity index (χ1v) is 9.53. The highest BCUT2D eigenvalue weighted by atomic mass is 15.3. The zero-order valence-corrected chi connectivity index (χ0v) is 16.3. The second-order valence-corrected chi connectivity index (χ2v) is 7.42. The molecule has 2 N–H and O–H groups in total. The number of nitrogens with one attached hydrogen (secondary N) is 2. The molecule has 2 heterocycles. The van der Waals surface area contributed by atoms with Crippen LogP contribution in [0.25, 0.3) is 0 Å². The molecule has 1 aliphatic heterocycles. The minimum atomic E-state index is 0.179. The number of fused-ring (bicyclic) bond motifs is 1. The van der Waals surface area contributed by atoms with Crippen LogP contribution >= 0.6 is 0 Å². The van der Waals surface area contributed by atoms with E-state index in [9.17, 15) is 0 Å². The standard InChI is InChI=1S/C20H30N6/c1-14(2)12-16-7-9-17(10-8-16)15(3)23-20(21-4)22-13-19-25-24-18-6-5-11-26(18)19/h7-10,14-15H,5-6,11-13H2,1-4H3,(H2,21,22,23). The van der Waals surface area contributed by atoms with Crippen molar-refractivity contribution in [1.29, 1.82) is 0 Å². The first kappa shape index (κ1) is 18.4. The lowest BCUT2D eigenvalue weighted by Gasteiger charge is -2.18. The minimum Gasteiger partial charge on any atom is -0.350 e. The highest BCUT2D eigenvalue weighted by molar-refractivity contribution is 5.80. The maximum absolute atomic E-state index is 4.34. The number of aromatic nitrogens is 3. The van der Waals surface area contributed by atoms with E-state index < -0.39 is 0 Å². The van der Waals surface area contributed by atoms with E-state index in [1.54, 1.807) is 7.05 Å². The van der Waals surface area contributed by atoms with Gasteiger partial charge in [-0.1, -0.05) is 38.1 Å². The summed E-state index contributed by atoms with van der Waals surface area (Å²) < 4.78 is 2.21. The van der Waals surface area contributed by atoms with Gasteiger partial charge in [-0.05, 0) is 36.8 Å². The summed E-state index contributed by atoms with van der Waals surface area (Å²) in [6.07, 6.45) is 3.31. The molecule has 0 spiro atoms. The Labute approximate surface area is 156 Å². The Morgan fingerprint density at radius 2 is 1.96 bits per heavy atom. The van der Waals surface area contributed by atoms with Gasteiger partial charge in [0, 0.05) is 20.0 Å². The number of nitrogens with zero attached hydrogens (tertiary/aromatic N) is 4. The van der Waals surface area contributed by atoms with Crippen molar-refractivity contribution in [2.75, 3.05) is 7.05 Å². The van der Waals surface area contributed by atoms with E-state index in [0.29, 0.717) is 12.5 Å². The van der Waals surface area contributed by atoms with Crippen LogP contribution < -0.4 is 10.6 Å². The van der Waals surface area contributed by atoms with Crippen molar-refractivity contribution in [3.05, 3.63) is 47.0 Å². The smallest absolute Gasteiger partial charge is 0.191 e. The van der Waals surface area contributed by atoms with E-state index in [4.69, 9.17) is 0 Å². The molecule has 1 unspecified atom stereocenters. The highest BCUT2D eigenvalue weighted by Gasteiger charge is 2.17. The molecule has 0 saturated carbocycles. The summed E-state index contributed by atoms with van der Waals surface area (Å²) in [7, 11) is 1.79. The van der Waals surface area contributed by atoms with Crippen LogP contribution in [0.2, 0.25) is 0 Å². The second kappa shape index (κ2) is 8.34. The van der Waals surface area contributed by atoms with E-state index in [0.717, 1.165) is 43.4 Å². The third kappa shape index (κ3) is 4.42. The summed E-state index contributed by atoms with van der Waals surface area (Å²) in [5.41, 5.74) is 2.64. The average molecular weight is 355 g/mol. The monoisotopic (exact) mass is 354 g/mol. The van der Waals surface area contributed by atoms with E-state index in [1.807, 2.05) is 0 Å². The van der Waals surface area contributed by atoms with Crippen LogP contribution in [0, 0.1) is 5.92 Å². The molecule has 1 aromatic carbocycles. The number of aryl methyl sites for hydroxylation is 1. The largest absolute Gasteiger partial charge is 0.350 e. The van der Waals surface area contributed by atoms with Gasteiger partial charge in [0.15, 0.2) is 11.8 Å². The van der Waals surface area contributed by atoms with Gasteiger partial charge in [-0.3, -0.25) is 4.99 Å².